The van der Waals surface area contributed by atoms with Crippen LogP contribution in [-0.4, -0.2) is 11.1 Å². The first kappa shape index (κ1) is 10.5. The average molecular weight is 194 g/mol. The van der Waals surface area contributed by atoms with Gasteiger partial charge in [0.05, 0.1) is 5.69 Å². The van der Waals surface area contributed by atoms with Crippen molar-refractivity contribution in [2.24, 2.45) is 5.73 Å². The smallest absolute Gasteiger partial charge is 0.409 e. The number of hydrogen-bond acceptors (Lipinski definition) is 3. The summed E-state index contributed by atoms with van der Waals surface area (Å²) in [7, 11) is 0. The van der Waals surface area contributed by atoms with Crippen molar-refractivity contribution < 1.29 is 9.53 Å². The summed E-state index contributed by atoms with van der Waals surface area (Å²) >= 11 is 0. The molecule has 0 radical (unpaired) electrons. The fourth-order valence-electron chi connectivity index (χ4n) is 1.14. The minimum atomic E-state index is -0.816. The van der Waals surface area contributed by atoms with Crippen molar-refractivity contribution in [2.45, 2.75) is 26.2 Å². The van der Waals surface area contributed by atoms with Gasteiger partial charge in [0, 0.05) is 11.6 Å². The van der Waals surface area contributed by atoms with Crippen LogP contribution in [0.4, 0.5) is 4.79 Å². The molecule has 14 heavy (non-hydrogen) atoms. The highest BCUT2D eigenvalue weighted by molar-refractivity contribution is 5.68. The zero-order valence-electron chi connectivity index (χ0n) is 8.57. The molecular formula is C10H14N2O2. The molecule has 4 nitrogen and oxygen atoms in total. The fourth-order valence-corrected chi connectivity index (χ4v) is 1.14. The first-order valence-corrected chi connectivity index (χ1v) is 4.34. The van der Waals surface area contributed by atoms with Gasteiger partial charge in [-0.15, -0.1) is 0 Å². The standard InChI is InChI=1S/C10H14N2O2/c1-10(2,3)8-7(14-9(11)13)5-4-6-12-8/h4-6H,1-3H3,(H2,11,13). The predicted octanol–water partition coefficient (Wildman–Crippen LogP) is 1.84. The van der Waals surface area contributed by atoms with Crippen LogP contribution in [0.15, 0.2) is 18.3 Å². The van der Waals surface area contributed by atoms with Gasteiger partial charge < -0.3 is 10.5 Å². The Morgan fingerprint density at radius 2 is 2.14 bits per heavy atom. The van der Waals surface area contributed by atoms with Crippen LogP contribution in [-0.2, 0) is 5.41 Å². The lowest BCUT2D eigenvalue weighted by molar-refractivity contribution is 0.209. The molecule has 4 heteroatoms. The van der Waals surface area contributed by atoms with Crippen LogP contribution in [0.25, 0.3) is 0 Å². The Hall–Kier alpha value is -1.58. The summed E-state index contributed by atoms with van der Waals surface area (Å²) in [4.78, 5) is 14.8. The molecule has 1 rings (SSSR count). The Labute approximate surface area is 83.1 Å². The Morgan fingerprint density at radius 3 is 2.64 bits per heavy atom. The molecule has 0 saturated heterocycles. The highest BCUT2D eigenvalue weighted by Gasteiger charge is 2.21. The van der Waals surface area contributed by atoms with Gasteiger partial charge in [-0.2, -0.15) is 0 Å². The molecule has 0 saturated carbocycles. The maximum absolute atomic E-state index is 10.6. The van der Waals surface area contributed by atoms with E-state index in [1.807, 2.05) is 20.8 Å². The second-order valence-corrected chi connectivity index (χ2v) is 4.02. The zero-order chi connectivity index (χ0) is 10.8. The zero-order valence-corrected chi connectivity index (χ0v) is 8.57. The SMILES string of the molecule is CC(C)(C)c1ncccc1OC(N)=O. The van der Waals surface area contributed by atoms with Gasteiger partial charge in [-0.3, -0.25) is 4.98 Å². The number of nitrogens with two attached hydrogens (primary N) is 1. The first-order valence-electron chi connectivity index (χ1n) is 4.34. The number of amides is 1. The molecule has 76 valence electrons. The van der Waals surface area contributed by atoms with E-state index in [2.05, 4.69) is 4.98 Å². The summed E-state index contributed by atoms with van der Waals surface area (Å²) < 4.78 is 4.85. The molecule has 1 aromatic heterocycles. The molecule has 1 amide bonds. The monoisotopic (exact) mass is 194 g/mol. The summed E-state index contributed by atoms with van der Waals surface area (Å²) in [6.07, 6.45) is 0.845. The number of aromatic nitrogens is 1. The number of carbonyl (C=O) groups excluding carboxylic acids is 1. The number of ether oxygens (including phenoxy) is 1. The molecule has 0 aromatic carbocycles. The van der Waals surface area contributed by atoms with E-state index in [0.29, 0.717) is 5.75 Å². The minimum absolute atomic E-state index is 0.175. The van der Waals surface area contributed by atoms with E-state index in [-0.39, 0.29) is 5.41 Å². The Balaban J connectivity index is 3.10. The predicted molar refractivity (Wildman–Crippen MR) is 53.1 cm³/mol. The Bertz CT molecular complexity index is 342. The minimum Gasteiger partial charge on any atom is -0.409 e. The Kier molecular flexibility index (Phi) is 2.74. The lowest BCUT2D eigenvalue weighted by Gasteiger charge is -2.19. The van der Waals surface area contributed by atoms with Crippen LogP contribution in [0.5, 0.6) is 5.75 Å². The van der Waals surface area contributed by atoms with Crippen molar-refractivity contribution in [1.82, 2.24) is 4.98 Å². The molecule has 1 aromatic rings. The Morgan fingerprint density at radius 1 is 1.50 bits per heavy atom. The number of nitrogens with zero attached hydrogens (tertiary/aromatic N) is 1. The normalized spacial score (nSPS) is 11.1. The lowest BCUT2D eigenvalue weighted by Crippen LogP contribution is -2.21. The third-order valence-electron chi connectivity index (χ3n) is 1.69. The molecule has 0 aliphatic carbocycles. The highest BCUT2D eigenvalue weighted by Crippen LogP contribution is 2.28. The molecule has 0 unspecified atom stereocenters. The van der Waals surface area contributed by atoms with Crippen LogP contribution in [0.1, 0.15) is 26.5 Å². The van der Waals surface area contributed by atoms with E-state index in [1.54, 1.807) is 18.3 Å². The van der Waals surface area contributed by atoms with Gasteiger partial charge in [0.2, 0.25) is 0 Å². The van der Waals surface area contributed by atoms with Crippen molar-refractivity contribution in [3.05, 3.63) is 24.0 Å². The van der Waals surface area contributed by atoms with E-state index in [4.69, 9.17) is 10.5 Å². The fraction of sp³-hybridized carbons (Fsp3) is 0.400. The summed E-state index contributed by atoms with van der Waals surface area (Å²) in [6, 6.07) is 3.38. The van der Waals surface area contributed by atoms with Crippen molar-refractivity contribution in [3.8, 4) is 5.75 Å². The summed E-state index contributed by atoms with van der Waals surface area (Å²) in [5, 5.41) is 0. The van der Waals surface area contributed by atoms with Crippen molar-refractivity contribution >= 4 is 6.09 Å². The number of rotatable bonds is 1. The lowest BCUT2D eigenvalue weighted by atomic mass is 9.91. The molecule has 1 heterocycles. The van der Waals surface area contributed by atoms with Gasteiger partial charge in [0.1, 0.15) is 0 Å². The van der Waals surface area contributed by atoms with Gasteiger partial charge in [-0.25, -0.2) is 4.79 Å². The average Bonchev–Trinajstić information content (AvgIpc) is 2.01. The maximum Gasteiger partial charge on any atom is 0.410 e. The summed E-state index contributed by atoms with van der Waals surface area (Å²) in [6.45, 7) is 5.97. The van der Waals surface area contributed by atoms with Crippen LogP contribution in [0.2, 0.25) is 0 Å². The molecule has 2 N–H and O–H groups in total. The van der Waals surface area contributed by atoms with Gasteiger partial charge >= 0.3 is 6.09 Å². The number of carbonyl (C=O) groups is 1. The molecule has 0 bridgehead atoms. The van der Waals surface area contributed by atoms with Gasteiger partial charge in [-0.1, -0.05) is 20.8 Å². The molecule has 0 spiro atoms. The number of pyridine rings is 1. The number of primary amides is 1. The van der Waals surface area contributed by atoms with E-state index in [1.165, 1.54) is 0 Å². The third kappa shape index (κ3) is 2.45. The summed E-state index contributed by atoms with van der Waals surface area (Å²) in [5.41, 5.74) is 5.49. The number of hydrogen-bond donors (Lipinski definition) is 1. The van der Waals surface area contributed by atoms with Gasteiger partial charge in [0.25, 0.3) is 0 Å². The highest BCUT2D eigenvalue weighted by atomic mass is 16.5. The van der Waals surface area contributed by atoms with Gasteiger partial charge in [-0.05, 0) is 12.1 Å². The molecule has 0 atom stereocenters. The quantitative estimate of drug-likeness (QED) is 0.741. The molecule has 0 aliphatic rings. The second-order valence-electron chi connectivity index (χ2n) is 4.02. The van der Waals surface area contributed by atoms with Crippen molar-refractivity contribution in [2.75, 3.05) is 0 Å². The molecule has 0 aliphatic heterocycles. The largest absolute Gasteiger partial charge is 0.410 e. The first-order chi connectivity index (χ1) is 6.41. The van der Waals surface area contributed by atoms with Crippen LogP contribution in [0, 0.1) is 0 Å². The van der Waals surface area contributed by atoms with Crippen molar-refractivity contribution in [1.29, 1.82) is 0 Å². The van der Waals surface area contributed by atoms with E-state index < -0.39 is 6.09 Å². The van der Waals surface area contributed by atoms with Crippen molar-refractivity contribution in [3.63, 3.8) is 0 Å². The van der Waals surface area contributed by atoms with Crippen LogP contribution >= 0.6 is 0 Å². The van der Waals surface area contributed by atoms with E-state index in [9.17, 15) is 4.79 Å². The second kappa shape index (κ2) is 3.65. The third-order valence-corrected chi connectivity index (χ3v) is 1.69. The molecule has 0 fully saturated rings. The van der Waals surface area contributed by atoms with Crippen LogP contribution < -0.4 is 10.5 Å². The van der Waals surface area contributed by atoms with E-state index in [0.717, 1.165) is 5.69 Å². The van der Waals surface area contributed by atoms with E-state index >= 15 is 0 Å². The van der Waals surface area contributed by atoms with Gasteiger partial charge in [0.15, 0.2) is 5.75 Å². The summed E-state index contributed by atoms with van der Waals surface area (Å²) in [5.74, 6) is 0.424. The van der Waals surface area contributed by atoms with Crippen LogP contribution in [0.3, 0.4) is 0 Å². The molecular weight excluding hydrogens is 180 g/mol. The topological polar surface area (TPSA) is 65.2 Å². The maximum atomic E-state index is 10.6.